The third kappa shape index (κ3) is 4.23. The van der Waals surface area contributed by atoms with Gasteiger partial charge in [0.05, 0.1) is 11.9 Å². The van der Waals surface area contributed by atoms with Crippen LogP contribution in [0, 0.1) is 0 Å². The van der Waals surface area contributed by atoms with Gasteiger partial charge in [-0.25, -0.2) is 4.98 Å². The lowest BCUT2D eigenvalue weighted by molar-refractivity contribution is -0.121. The molecule has 0 radical (unpaired) electrons. The number of amides is 1. The number of carbonyl (C=O) groups excluding carboxylic acids is 1. The predicted octanol–water partition coefficient (Wildman–Crippen LogP) is 2.91. The molecule has 0 atom stereocenters. The van der Waals surface area contributed by atoms with Crippen LogP contribution in [0.2, 0.25) is 0 Å². The van der Waals surface area contributed by atoms with Crippen LogP contribution in [-0.4, -0.2) is 15.9 Å². The third-order valence-electron chi connectivity index (χ3n) is 3.83. The van der Waals surface area contributed by atoms with E-state index < -0.39 is 0 Å². The number of nitrogens with two attached hydrogens (primary N) is 1. The van der Waals surface area contributed by atoms with E-state index in [-0.39, 0.29) is 5.91 Å². The molecule has 0 saturated heterocycles. The fourth-order valence-corrected chi connectivity index (χ4v) is 2.48. The van der Waals surface area contributed by atoms with Crippen molar-refractivity contribution in [2.75, 3.05) is 5.73 Å². The number of H-pyrrole nitrogens is 1. The van der Waals surface area contributed by atoms with Crippen molar-refractivity contribution in [3.63, 3.8) is 0 Å². The molecule has 5 heteroatoms. The Morgan fingerprint density at radius 3 is 2.46 bits per heavy atom. The zero-order chi connectivity index (χ0) is 16.8. The summed E-state index contributed by atoms with van der Waals surface area (Å²) >= 11 is 0. The Kier molecular flexibility index (Phi) is 4.91. The SMILES string of the molecule is Nc1ncc(-c2ccc(CNC(=O)CCc3ccccc3)cc2)[nH]1. The normalized spacial score (nSPS) is 10.5. The van der Waals surface area contributed by atoms with Gasteiger partial charge in [-0.15, -0.1) is 0 Å². The number of nitrogen functional groups attached to an aromatic ring is 1. The van der Waals surface area contributed by atoms with Crippen molar-refractivity contribution in [2.24, 2.45) is 0 Å². The summed E-state index contributed by atoms with van der Waals surface area (Å²) in [4.78, 5) is 18.9. The minimum atomic E-state index is 0.0595. The van der Waals surface area contributed by atoms with Gasteiger partial charge in [-0.05, 0) is 23.1 Å². The maximum atomic E-state index is 11.9. The van der Waals surface area contributed by atoms with Crippen LogP contribution in [0.5, 0.6) is 0 Å². The Morgan fingerprint density at radius 2 is 1.79 bits per heavy atom. The van der Waals surface area contributed by atoms with Gasteiger partial charge < -0.3 is 16.0 Å². The van der Waals surface area contributed by atoms with E-state index in [9.17, 15) is 4.79 Å². The first-order valence-electron chi connectivity index (χ1n) is 7.91. The second-order valence-corrected chi connectivity index (χ2v) is 5.64. The standard InChI is InChI=1S/C19H20N4O/c20-19-22-13-17(23-19)16-9-6-15(7-10-16)12-21-18(24)11-8-14-4-2-1-3-5-14/h1-7,9-10,13H,8,11-12H2,(H,21,24)(H3,20,22,23). The molecule has 0 unspecified atom stereocenters. The number of carbonyl (C=O) groups is 1. The lowest BCUT2D eigenvalue weighted by Crippen LogP contribution is -2.22. The van der Waals surface area contributed by atoms with Crippen LogP contribution in [0.1, 0.15) is 17.5 Å². The molecule has 0 bridgehead atoms. The second-order valence-electron chi connectivity index (χ2n) is 5.64. The van der Waals surface area contributed by atoms with E-state index in [0.29, 0.717) is 18.9 Å². The summed E-state index contributed by atoms with van der Waals surface area (Å²) in [6, 6.07) is 18.0. The summed E-state index contributed by atoms with van der Waals surface area (Å²) in [5, 5.41) is 2.95. The average molecular weight is 320 g/mol. The smallest absolute Gasteiger partial charge is 0.220 e. The third-order valence-corrected chi connectivity index (χ3v) is 3.83. The monoisotopic (exact) mass is 320 g/mol. The molecule has 0 aliphatic rings. The van der Waals surface area contributed by atoms with Crippen LogP contribution in [0.3, 0.4) is 0 Å². The first kappa shape index (κ1) is 15.8. The van der Waals surface area contributed by atoms with Crippen molar-refractivity contribution < 1.29 is 4.79 Å². The summed E-state index contributed by atoms with van der Waals surface area (Å²) in [6.07, 6.45) is 2.96. The van der Waals surface area contributed by atoms with E-state index in [1.165, 1.54) is 5.56 Å². The number of hydrogen-bond acceptors (Lipinski definition) is 3. The zero-order valence-corrected chi connectivity index (χ0v) is 13.3. The van der Waals surface area contributed by atoms with Crippen LogP contribution in [0.4, 0.5) is 5.95 Å². The number of benzene rings is 2. The molecule has 0 aliphatic heterocycles. The van der Waals surface area contributed by atoms with Gasteiger partial charge in [0.25, 0.3) is 0 Å². The van der Waals surface area contributed by atoms with Crippen molar-refractivity contribution in [3.05, 3.63) is 71.9 Å². The largest absolute Gasteiger partial charge is 0.369 e. The fourth-order valence-electron chi connectivity index (χ4n) is 2.48. The van der Waals surface area contributed by atoms with Gasteiger partial charge in [0.1, 0.15) is 0 Å². The van der Waals surface area contributed by atoms with E-state index in [1.54, 1.807) is 6.20 Å². The number of aromatic nitrogens is 2. The fraction of sp³-hybridized carbons (Fsp3) is 0.158. The highest BCUT2D eigenvalue weighted by molar-refractivity contribution is 5.76. The quantitative estimate of drug-likeness (QED) is 0.653. The number of hydrogen-bond donors (Lipinski definition) is 3. The van der Waals surface area contributed by atoms with E-state index in [1.807, 2.05) is 54.6 Å². The summed E-state index contributed by atoms with van der Waals surface area (Å²) in [5.41, 5.74) is 9.71. The molecule has 1 aromatic heterocycles. The maximum absolute atomic E-state index is 11.9. The molecule has 4 N–H and O–H groups in total. The van der Waals surface area contributed by atoms with Gasteiger partial charge in [-0.3, -0.25) is 4.79 Å². The average Bonchev–Trinajstić information content (AvgIpc) is 3.06. The van der Waals surface area contributed by atoms with E-state index in [4.69, 9.17) is 5.73 Å². The van der Waals surface area contributed by atoms with Crippen LogP contribution in [0.25, 0.3) is 11.3 Å². The van der Waals surface area contributed by atoms with Gasteiger partial charge in [0.15, 0.2) is 5.95 Å². The van der Waals surface area contributed by atoms with Gasteiger partial charge in [0.2, 0.25) is 5.91 Å². The Hall–Kier alpha value is -3.08. The van der Waals surface area contributed by atoms with Gasteiger partial charge in [-0.2, -0.15) is 0 Å². The number of nitrogens with zero attached hydrogens (tertiary/aromatic N) is 1. The molecule has 3 aromatic rings. The molecule has 2 aromatic carbocycles. The van der Waals surface area contributed by atoms with Gasteiger partial charge in [-0.1, -0.05) is 54.6 Å². The van der Waals surface area contributed by atoms with Crippen LogP contribution in [0.15, 0.2) is 60.8 Å². The second kappa shape index (κ2) is 7.46. The minimum Gasteiger partial charge on any atom is -0.369 e. The topological polar surface area (TPSA) is 83.8 Å². The van der Waals surface area contributed by atoms with E-state index >= 15 is 0 Å². The Morgan fingerprint density at radius 1 is 1.04 bits per heavy atom. The van der Waals surface area contributed by atoms with Crippen LogP contribution >= 0.6 is 0 Å². The van der Waals surface area contributed by atoms with Gasteiger partial charge >= 0.3 is 0 Å². The van der Waals surface area contributed by atoms with E-state index in [0.717, 1.165) is 23.2 Å². The molecule has 0 aliphatic carbocycles. The Bertz CT molecular complexity index is 794. The molecule has 24 heavy (non-hydrogen) atoms. The molecule has 0 fully saturated rings. The summed E-state index contributed by atoms with van der Waals surface area (Å²) in [6.45, 7) is 0.527. The molecule has 0 spiro atoms. The highest BCUT2D eigenvalue weighted by atomic mass is 16.1. The minimum absolute atomic E-state index is 0.0595. The summed E-state index contributed by atoms with van der Waals surface area (Å²) in [7, 11) is 0. The maximum Gasteiger partial charge on any atom is 0.220 e. The number of nitrogens with one attached hydrogen (secondary N) is 2. The zero-order valence-electron chi connectivity index (χ0n) is 13.3. The van der Waals surface area contributed by atoms with Crippen molar-refractivity contribution in [1.82, 2.24) is 15.3 Å². The Labute approximate surface area is 140 Å². The number of aromatic amines is 1. The first-order chi connectivity index (χ1) is 11.7. The van der Waals surface area contributed by atoms with Crippen molar-refractivity contribution >= 4 is 11.9 Å². The van der Waals surface area contributed by atoms with Crippen molar-refractivity contribution in [2.45, 2.75) is 19.4 Å². The lowest BCUT2D eigenvalue weighted by atomic mass is 10.1. The lowest BCUT2D eigenvalue weighted by Gasteiger charge is -2.06. The number of aryl methyl sites for hydroxylation is 1. The number of imidazole rings is 1. The van der Waals surface area contributed by atoms with Crippen LogP contribution in [-0.2, 0) is 17.8 Å². The van der Waals surface area contributed by atoms with Crippen molar-refractivity contribution in [1.29, 1.82) is 0 Å². The molecular weight excluding hydrogens is 300 g/mol. The highest BCUT2D eigenvalue weighted by Crippen LogP contribution is 2.18. The predicted molar refractivity (Wildman–Crippen MR) is 95.0 cm³/mol. The number of rotatable bonds is 6. The first-order valence-corrected chi connectivity index (χ1v) is 7.91. The highest BCUT2D eigenvalue weighted by Gasteiger charge is 2.04. The molecule has 122 valence electrons. The molecule has 3 rings (SSSR count). The molecule has 5 nitrogen and oxygen atoms in total. The summed E-state index contributed by atoms with van der Waals surface area (Å²) in [5.74, 6) is 0.462. The molecular formula is C19H20N4O. The molecule has 1 heterocycles. The molecule has 0 saturated carbocycles. The Balaban J connectivity index is 1.48. The summed E-state index contributed by atoms with van der Waals surface area (Å²) < 4.78 is 0. The van der Waals surface area contributed by atoms with Crippen molar-refractivity contribution in [3.8, 4) is 11.3 Å². The van der Waals surface area contributed by atoms with E-state index in [2.05, 4.69) is 15.3 Å². The molecule has 1 amide bonds. The number of anilines is 1. The van der Waals surface area contributed by atoms with Gasteiger partial charge in [0, 0.05) is 13.0 Å². The van der Waals surface area contributed by atoms with Crippen LogP contribution < -0.4 is 11.1 Å².